The molecule has 1 amide bonds. The molecule has 0 saturated heterocycles. The number of pyridine rings is 1. The monoisotopic (exact) mass is 254 g/mol. The van der Waals surface area contributed by atoms with Crippen LogP contribution >= 0.6 is 0 Å². The van der Waals surface area contributed by atoms with E-state index in [1.807, 2.05) is 6.07 Å². The molecule has 19 heavy (non-hydrogen) atoms. The number of phenols is 1. The van der Waals surface area contributed by atoms with E-state index in [1.54, 1.807) is 30.5 Å². The number of nitrogens with zero attached hydrogens (tertiary/aromatic N) is 2. The summed E-state index contributed by atoms with van der Waals surface area (Å²) in [5, 5.41) is 16.9. The number of nitrogens with two attached hydrogens (primary N) is 1. The summed E-state index contributed by atoms with van der Waals surface area (Å²) < 4.78 is 0. The summed E-state index contributed by atoms with van der Waals surface area (Å²) in [7, 11) is 0. The summed E-state index contributed by atoms with van der Waals surface area (Å²) >= 11 is 0. The van der Waals surface area contributed by atoms with Gasteiger partial charge < -0.3 is 10.8 Å². The fraction of sp³-hybridized carbons (Fsp3) is 0. The molecule has 0 bridgehead atoms. The average Bonchev–Trinajstić information content (AvgIpc) is 2.85. The quantitative estimate of drug-likeness (QED) is 0.643. The van der Waals surface area contributed by atoms with E-state index in [4.69, 9.17) is 5.73 Å². The van der Waals surface area contributed by atoms with Crippen molar-refractivity contribution in [1.29, 1.82) is 0 Å². The van der Waals surface area contributed by atoms with Gasteiger partial charge in [0.1, 0.15) is 11.4 Å². The fourth-order valence-corrected chi connectivity index (χ4v) is 1.97. The zero-order chi connectivity index (χ0) is 13.4. The van der Waals surface area contributed by atoms with Gasteiger partial charge in [-0.3, -0.25) is 9.89 Å². The van der Waals surface area contributed by atoms with Crippen molar-refractivity contribution in [3.63, 3.8) is 0 Å². The molecule has 0 aliphatic carbocycles. The number of aromatic hydroxyl groups is 1. The summed E-state index contributed by atoms with van der Waals surface area (Å²) in [5.41, 5.74) is 7.39. The van der Waals surface area contributed by atoms with Crippen molar-refractivity contribution in [3.05, 3.63) is 42.2 Å². The molecule has 2 aromatic heterocycles. The highest BCUT2D eigenvalue weighted by Gasteiger charge is 2.12. The van der Waals surface area contributed by atoms with E-state index in [0.29, 0.717) is 5.65 Å². The number of hydrogen-bond acceptors (Lipinski definition) is 4. The lowest BCUT2D eigenvalue weighted by molar-refractivity contribution is 0.0996. The molecule has 0 aliphatic rings. The molecular weight excluding hydrogens is 244 g/mol. The lowest BCUT2D eigenvalue weighted by atomic mass is 10.0. The number of fused-ring (bicyclic) bond motifs is 1. The molecule has 0 atom stereocenters. The number of carbonyl (C=O) groups excluding carboxylic acids is 1. The second-order valence-electron chi connectivity index (χ2n) is 4.10. The van der Waals surface area contributed by atoms with Crippen LogP contribution in [0.5, 0.6) is 5.75 Å². The van der Waals surface area contributed by atoms with Gasteiger partial charge in [0.05, 0.1) is 6.20 Å². The number of aromatic amines is 1. The van der Waals surface area contributed by atoms with Crippen molar-refractivity contribution in [2.45, 2.75) is 0 Å². The van der Waals surface area contributed by atoms with Crippen molar-refractivity contribution in [1.82, 2.24) is 15.2 Å². The van der Waals surface area contributed by atoms with E-state index in [-0.39, 0.29) is 11.4 Å². The van der Waals surface area contributed by atoms with Crippen LogP contribution in [-0.2, 0) is 0 Å². The van der Waals surface area contributed by atoms with Crippen LogP contribution in [0.15, 0.2) is 36.5 Å². The van der Waals surface area contributed by atoms with Gasteiger partial charge in [-0.15, -0.1) is 0 Å². The topological polar surface area (TPSA) is 105 Å². The largest absolute Gasteiger partial charge is 0.508 e. The number of phenolic OH excluding ortho intramolecular Hbond substituents is 1. The Kier molecular flexibility index (Phi) is 2.42. The molecule has 3 rings (SSSR count). The first-order chi connectivity index (χ1) is 9.15. The number of aromatic nitrogens is 3. The molecular formula is C13H10N4O2. The Hall–Kier alpha value is -2.89. The Labute approximate surface area is 107 Å². The lowest BCUT2D eigenvalue weighted by Crippen LogP contribution is -2.13. The predicted molar refractivity (Wildman–Crippen MR) is 69.5 cm³/mol. The van der Waals surface area contributed by atoms with E-state index >= 15 is 0 Å². The molecule has 1 aromatic carbocycles. The van der Waals surface area contributed by atoms with E-state index < -0.39 is 5.91 Å². The minimum Gasteiger partial charge on any atom is -0.508 e. The maximum absolute atomic E-state index is 11.3. The van der Waals surface area contributed by atoms with Gasteiger partial charge in [-0.2, -0.15) is 5.10 Å². The maximum Gasteiger partial charge on any atom is 0.267 e. The van der Waals surface area contributed by atoms with Gasteiger partial charge in [-0.05, 0) is 29.3 Å². The third-order valence-electron chi connectivity index (χ3n) is 2.83. The Morgan fingerprint density at radius 3 is 2.89 bits per heavy atom. The van der Waals surface area contributed by atoms with Crippen LogP contribution in [0.25, 0.3) is 22.2 Å². The zero-order valence-corrected chi connectivity index (χ0v) is 9.79. The number of rotatable bonds is 2. The Balaban J connectivity index is 2.32. The summed E-state index contributed by atoms with van der Waals surface area (Å²) in [6.07, 6.45) is 1.62. The first kappa shape index (κ1) is 11.2. The van der Waals surface area contributed by atoms with Gasteiger partial charge >= 0.3 is 0 Å². The van der Waals surface area contributed by atoms with Gasteiger partial charge in [0.15, 0.2) is 5.65 Å². The molecule has 3 aromatic rings. The van der Waals surface area contributed by atoms with Crippen LogP contribution in [0.3, 0.4) is 0 Å². The Morgan fingerprint density at radius 1 is 1.32 bits per heavy atom. The Bertz CT molecular complexity index is 779. The summed E-state index contributed by atoms with van der Waals surface area (Å²) in [6.45, 7) is 0. The highest BCUT2D eigenvalue weighted by atomic mass is 16.3. The van der Waals surface area contributed by atoms with Gasteiger partial charge in [0, 0.05) is 5.39 Å². The third kappa shape index (κ3) is 1.89. The minimum atomic E-state index is -0.613. The molecule has 0 spiro atoms. The van der Waals surface area contributed by atoms with Gasteiger partial charge in [0.25, 0.3) is 5.91 Å². The van der Waals surface area contributed by atoms with Crippen molar-refractivity contribution in [2.75, 3.05) is 0 Å². The van der Waals surface area contributed by atoms with E-state index in [0.717, 1.165) is 16.5 Å². The molecule has 0 radical (unpaired) electrons. The van der Waals surface area contributed by atoms with E-state index in [9.17, 15) is 9.90 Å². The van der Waals surface area contributed by atoms with Crippen molar-refractivity contribution in [2.24, 2.45) is 5.73 Å². The number of primary amides is 1. The summed E-state index contributed by atoms with van der Waals surface area (Å²) in [4.78, 5) is 15.4. The maximum atomic E-state index is 11.3. The Morgan fingerprint density at radius 2 is 2.16 bits per heavy atom. The number of nitrogens with one attached hydrogen (secondary N) is 1. The van der Waals surface area contributed by atoms with Crippen LogP contribution in [0.1, 0.15) is 10.5 Å². The first-order valence-corrected chi connectivity index (χ1v) is 5.58. The number of carbonyl (C=O) groups is 1. The summed E-state index contributed by atoms with van der Waals surface area (Å²) in [6, 6.07) is 8.32. The third-order valence-corrected chi connectivity index (χ3v) is 2.83. The number of H-pyrrole nitrogens is 1. The number of benzene rings is 1. The highest BCUT2D eigenvalue weighted by molar-refractivity contribution is 5.99. The molecule has 0 saturated carbocycles. The zero-order valence-electron chi connectivity index (χ0n) is 9.79. The van der Waals surface area contributed by atoms with Crippen molar-refractivity contribution >= 4 is 16.9 Å². The van der Waals surface area contributed by atoms with Crippen LogP contribution in [0, 0.1) is 0 Å². The standard InChI is InChI=1S/C13H10N4O2/c14-12(19)11-5-9(7-2-1-3-8(18)4-7)10-6-15-17-13(10)16-11/h1-6,18H,(H2,14,19)(H,15,16,17). The van der Waals surface area contributed by atoms with Gasteiger partial charge in [0.2, 0.25) is 0 Å². The van der Waals surface area contributed by atoms with Crippen molar-refractivity contribution in [3.8, 4) is 16.9 Å². The molecule has 0 aliphatic heterocycles. The van der Waals surface area contributed by atoms with Gasteiger partial charge in [-0.25, -0.2) is 4.98 Å². The molecule has 2 heterocycles. The predicted octanol–water partition coefficient (Wildman–Crippen LogP) is 1.43. The van der Waals surface area contributed by atoms with E-state index in [2.05, 4.69) is 15.2 Å². The molecule has 6 heteroatoms. The molecule has 0 unspecified atom stereocenters. The molecule has 0 fully saturated rings. The smallest absolute Gasteiger partial charge is 0.267 e. The van der Waals surface area contributed by atoms with E-state index in [1.165, 1.54) is 0 Å². The highest BCUT2D eigenvalue weighted by Crippen LogP contribution is 2.29. The van der Waals surface area contributed by atoms with Crippen LogP contribution in [0.4, 0.5) is 0 Å². The van der Waals surface area contributed by atoms with Crippen LogP contribution in [-0.4, -0.2) is 26.2 Å². The van der Waals surface area contributed by atoms with Crippen LogP contribution < -0.4 is 5.73 Å². The molecule has 4 N–H and O–H groups in total. The molecule has 94 valence electrons. The van der Waals surface area contributed by atoms with Gasteiger partial charge in [-0.1, -0.05) is 12.1 Å². The average molecular weight is 254 g/mol. The SMILES string of the molecule is NC(=O)c1cc(-c2cccc(O)c2)c2cn[nH]c2n1. The number of hydrogen-bond donors (Lipinski definition) is 3. The summed E-state index contributed by atoms with van der Waals surface area (Å²) in [5.74, 6) is -0.468. The lowest BCUT2D eigenvalue weighted by Gasteiger charge is -2.05. The normalized spacial score (nSPS) is 10.7. The fourth-order valence-electron chi connectivity index (χ4n) is 1.97. The minimum absolute atomic E-state index is 0.145. The van der Waals surface area contributed by atoms with Crippen LogP contribution in [0.2, 0.25) is 0 Å². The van der Waals surface area contributed by atoms with Crippen molar-refractivity contribution < 1.29 is 9.90 Å². The second-order valence-corrected chi connectivity index (χ2v) is 4.10. The number of amides is 1. The molecule has 6 nitrogen and oxygen atoms in total. The second kappa shape index (κ2) is 4.09. The first-order valence-electron chi connectivity index (χ1n) is 5.58.